The fourth-order valence-electron chi connectivity index (χ4n) is 1.61. The Morgan fingerprint density at radius 2 is 1.94 bits per heavy atom. The average Bonchev–Trinajstić information content (AvgIpc) is 2.82. The van der Waals surface area contributed by atoms with Gasteiger partial charge in [-0.1, -0.05) is 30.3 Å². The standard InChI is InChI=1S/C14H13BrClNS/c15-14-7-6-13(18-14)12(8-9-16)17-10-11-4-2-1-3-5-11/h1-7H,8-10H2. The quantitative estimate of drug-likeness (QED) is 0.527. The fourth-order valence-corrected chi connectivity index (χ4v) is 3.21. The number of hydrogen-bond donors (Lipinski definition) is 0. The van der Waals surface area contributed by atoms with Gasteiger partial charge in [-0.05, 0) is 33.6 Å². The third kappa shape index (κ3) is 3.94. The van der Waals surface area contributed by atoms with Crippen LogP contribution in [0.25, 0.3) is 0 Å². The van der Waals surface area contributed by atoms with E-state index in [1.165, 1.54) is 10.4 Å². The van der Waals surface area contributed by atoms with Gasteiger partial charge in [-0.3, -0.25) is 4.99 Å². The van der Waals surface area contributed by atoms with Gasteiger partial charge in [0.2, 0.25) is 0 Å². The van der Waals surface area contributed by atoms with Crippen LogP contribution in [-0.4, -0.2) is 11.6 Å². The third-order valence-electron chi connectivity index (χ3n) is 2.48. The predicted molar refractivity (Wildman–Crippen MR) is 84.0 cm³/mol. The van der Waals surface area contributed by atoms with Crippen LogP contribution >= 0.6 is 38.9 Å². The molecule has 0 unspecified atom stereocenters. The molecule has 0 radical (unpaired) electrons. The molecule has 0 saturated heterocycles. The van der Waals surface area contributed by atoms with Crippen molar-refractivity contribution in [1.29, 1.82) is 0 Å². The van der Waals surface area contributed by atoms with Crippen LogP contribution in [0.5, 0.6) is 0 Å². The summed E-state index contributed by atoms with van der Waals surface area (Å²) in [7, 11) is 0. The van der Waals surface area contributed by atoms with Crippen molar-refractivity contribution in [1.82, 2.24) is 0 Å². The van der Waals surface area contributed by atoms with Gasteiger partial charge >= 0.3 is 0 Å². The normalized spacial score (nSPS) is 11.8. The second-order valence-electron chi connectivity index (χ2n) is 3.79. The molecule has 1 nitrogen and oxygen atoms in total. The van der Waals surface area contributed by atoms with E-state index in [2.05, 4.69) is 39.1 Å². The van der Waals surface area contributed by atoms with Crippen LogP contribution in [0.2, 0.25) is 0 Å². The second-order valence-corrected chi connectivity index (χ2v) is 6.63. The molecule has 4 heteroatoms. The highest BCUT2D eigenvalue weighted by Crippen LogP contribution is 2.24. The molecule has 0 aliphatic carbocycles. The summed E-state index contributed by atoms with van der Waals surface area (Å²) >= 11 is 11.0. The lowest BCUT2D eigenvalue weighted by Crippen LogP contribution is -2.00. The Balaban J connectivity index is 2.15. The molecule has 0 bridgehead atoms. The molecule has 0 atom stereocenters. The maximum Gasteiger partial charge on any atom is 0.0705 e. The molecule has 2 rings (SSSR count). The van der Waals surface area contributed by atoms with Crippen molar-refractivity contribution in [2.45, 2.75) is 13.0 Å². The fraction of sp³-hybridized carbons (Fsp3) is 0.214. The minimum absolute atomic E-state index is 0.600. The summed E-state index contributed by atoms with van der Waals surface area (Å²) in [5.74, 6) is 0.600. The minimum atomic E-state index is 0.600. The van der Waals surface area contributed by atoms with Crippen molar-refractivity contribution in [3.8, 4) is 0 Å². The van der Waals surface area contributed by atoms with Crippen LogP contribution in [-0.2, 0) is 6.54 Å². The highest BCUT2D eigenvalue weighted by Gasteiger charge is 2.06. The molecular weight excluding hydrogens is 330 g/mol. The number of halogens is 2. The van der Waals surface area contributed by atoms with Crippen LogP contribution in [0.15, 0.2) is 51.2 Å². The van der Waals surface area contributed by atoms with Gasteiger partial charge in [0.05, 0.1) is 16.0 Å². The summed E-state index contributed by atoms with van der Waals surface area (Å²) < 4.78 is 1.12. The first-order valence-electron chi connectivity index (χ1n) is 5.68. The number of benzene rings is 1. The highest BCUT2D eigenvalue weighted by atomic mass is 79.9. The van der Waals surface area contributed by atoms with E-state index in [1.54, 1.807) is 11.3 Å². The topological polar surface area (TPSA) is 12.4 Å². The maximum absolute atomic E-state index is 5.85. The van der Waals surface area contributed by atoms with E-state index in [0.717, 1.165) is 15.9 Å². The number of aliphatic imine (C=N–C) groups is 1. The Labute approximate surface area is 125 Å². The summed E-state index contributed by atoms with van der Waals surface area (Å²) in [6.07, 6.45) is 0.807. The number of thiophene rings is 1. The molecule has 18 heavy (non-hydrogen) atoms. The van der Waals surface area contributed by atoms with E-state index in [0.29, 0.717) is 12.4 Å². The molecule has 1 aromatic carbocycles. The summed E-state index contributed by atoms with van der Waals surface area (Å²) in [4.78, 5) is 5.88. The van der Waals surface area contributed by atoms with E-state index < -0.39 is 0 Å². The Morgan fingerprint density at radius 3 is 2.56 bits per heavy atom. The average molecular weight is 343 g/mol. The van der Waals surface area contributed by atoms with Crippen molar-refractivity contribution in [3.05, 3.63) is 56.7 Å². The molecule has 0 fully saturated rings. The first-order chi connectivity index (χ1) is 8.79. The molecule has 1 aromatic heterocycles. The van der Waals surface area contributed by atoms with Gasteiger partial charge in [-0.2, -0.15) is 0 Å². The summed E-state index contributed by atoms with van der Waals surface area (Å²) in [6, 6.07) is 14.4. The van der Waals surface area contributed by atoms with Gasteiger partial charge in [0.25, 0.3) is 0 Å². The Morgan fingerprint density at radius 1 is 1.17 bits per heavy atom. The number of rotatable bonds is 5. The van der Waals surface area contributed by atoms with Crippen molar-refractivity contribution >= 4 is 44.6 Å². The lowest BCUT2D eigenvalue weighted by molar-refractivity contribution is 1.05. The molecule has 0 saturated carbocycles. The molecule has 0 aliphatic heterocycles. The minimum Gasteiger partial charge on any atom is -0.284 e. The highest BCUT2D eigenvalue weighted by molar-refractivity contribution is 9.11. The molecule has 2 aromatic rings. The van der Waals surface area contributed by atoms with Gasteiger partial charge in [0, 0.05) is 17.2 Å². The van der Waals surface area contributed by atoms with E-state index in [-0.39, 0.29) is 0 Å². The van der Waals surface area contributed by atoms with Crippen LogP contribution in [0, 0.1) is 0 Å². The van der Waals surface area contributed by atoms with E-state index in [9.17, 15) is 0 Å². The molecule has 0 amide bonds. The molecule has 0 N–H and O–H groups in total. The van der Waals surface area contributed by atoms with Crippen molar-refractivity contribution in [2.24, 2.45) is 4.99 Å². The van der Waals surface area contributed by atoms with Gasteiger partial charge in [0.1, 0.15) is 0 Å². The predicted octanol–water partition coefficient (Wildman–Crippen LogP) is 5.13. The summed E-state index contributed by atoms with van der Waals surface area (Å²) in [5, 5.41) is 0. The SMILES string of the molecule is ClCCC(=NCc1ccccc1)c1ccc(Br)s1. The first kappa shape index (κ1) is 13.8. The Kier molecular flexibility index (Phi) is 5.42. The molecule has 0 spiro atoms. The molecule has 1 heterocycles. The zero-order chi connectivity index (χ0) is 12.8. The molecule has 0 aliphatic rings. The summed E-state index contributed by atoms with van der Waals surface area (Å²) in [5.41, 5.74) is 2.31. The monoisotopic (exact) mass is 341 g/mol. The Hall–Kier alpha value is -0.640. The number of hydrogen-bond acceptors (Lipinski definition) is 2. The van der Waals surface area contributed by atoms with E-state index >= 15 is 0 Å². The second kappa shape index (κ2) is 7.07. The van der Waals surface area contributed by atoms with Crippen LogP contribution in [0.1, 0.15) is 16.9 Å². The number of nitrogens with zero attached hydrogens (tertiary/aromatic N) is 1. The van der Waals surface area contributed by atoms with Gasteiger partial charge < -0.3 is 0 Å². The van der Waals surface area contributed by atoms with Crippen molar-refractivity contribution in [2.75, 3.05) is 5.88 Å². The first-order valence-corrected chi connectivity index (χ1v) is 7.83. The maximum atomic E-state index is 5.85. The smallest absolute Gasteiger partial charge is 0.0705 e. The summed E-state index contributed by atoms with van der Waals surface area (Å²) in [6.45, 7) is 0.711. The number of alkyl halides is 1. The van der Waals surface area contributed by atoms with E-state index in [1.807, 2.05) is 24.3 Å². The molecule has 94 valence electrons. The van der Waals surface area contributed by atoms with Gasteiger partial charge in [-0.15, -0.1) is 22.9 Å². The van der Waals surface area contributed by atoms with Gasteiger partial charge in [0.15, 0.2) is 0 Å². The van der Waals surface area contributed by atoms with Crippen molar-refractivity contribution in [3.63, 3.8) is 0 Å². The van der Waals surface area contributed by atoms with Crippen LogP contribution < -0.4 is 0 Å². The van der Waals surface area contributed by atoms with Crippen molar-refractivity contribution < 1.29 is 0 Å². The zero-order valence-electron chi connectivity index (χ0n) is 9.77. The Bertz CT molecular complexity index is 522. The molecular formula is C14H13BrClNS. The lowest BCUT2D eigenvalue weighted by atomic mass is 10.2. The van der Waals surface area contributed by atoms with E-state index in [4.69, 9.17) is 11.6 Å². The largest absolute Gasteiger partial charge is 0.284 e. The van der Waals surface area contributed by atoms with Gasteiger partial charge in [-0.25, -0.2) is 0 Å². The third-order valence-corrected chi connectivity index (χ3v) is 4.35. The van der Waals surface area contributed by atoms with Crippen LogP contribution in [0.4, 0.5) is 0 Å². The zero-order valence-corrected chi connectivity index (χ0v) is 12.9. The van der Waals surface area contributed by atoms with Crippen LogP contribution in [0.3, 0.4) is 0 Å². The lowest BCUT2D eigenvalue weighted by Gasteiger charge is -2.02.